The van der Waals surface area contributed by atoms with E-state index in [1.807, 2.05) is 12.1 Å². The zero-order valence-corrected chi connectivity index (χ0v) is 16.2. The van der Waals surface area contributed by atoms with Crippen molar-refractivity contribution in [3.05, 3.63) is 64.3 Å². The Morgan fingerprint density at radius 2 is 2.00 bits per heavy atom. The Labute approximate surface area is 170 Å². The third-order valence-corrected chi connectivity index (χ3v) is 4.65. The Hall–Kier alpha value is -2.71. The molecule has 0 saturated carbocycles. The van der Waals surface area contributed by atoms with Crippen LogP contribution in [0.5, 0.6) is 11.5 Å². The number of carbonyl (C=O) groups excluding carboxylic acids is 1. The van der Waals surface area contributed by atoms with Crippen molar-refractivity contribution in [2.75, 3.05) is 7.11 Å². The Balaban J connectivity index is 1.82. The molecule has 1 saturated heterocycles. The van der Waals surface area contributed by atoms with Gasteiger partial charge in [0.1, 0.15) is 5.70 Å². The van der Waals surface area contributed by atoms with Crippen molar-refractivity contribution in [1.29, 1.82) is 0 Å². The fourth-order valence-corrected chi connectivity index (χ4v) is 3.10. The number of hydrogen-bond donors (Lipinski definition) is 1. The van der Waals surface area contributed by atoms with Crippen molar-refractivity contribution in [3.8, 4) is 11.5 Å². The molecule has 1 aliphatic rings. The fraction of sp³-hybridized carbons (Fsp3) is 0.158. The predicted molar refractivity (Wildman–Crippen MR) is 105 cm³/mol. The molecule has 1 N–H and O–H groups in total. The average molecular weight is 425 g/mol. The van der Waals surface area contributed by atoms with Crippen LogP contribution in [-0.2, 0) is 11.3 Å². The summed E-state index contributed by atoms with van der Waals surface area (Å²) in [5.74, 6) is -0.298. The molecule has 28 heavy (non-hydrogen) atoms. The molecule has 146 valence electrons. The lowest BCUT2D eigenvalue weighted by atomic mass is 10.1. The number of halogens is 3. The van der Waals surface area contributed by atoms with Gasteiger partial charge < -0.3 is 14.8 Å². The van der Waals surface area contributed by atoms with E-state index in [0.29, 0.717) is 10.6 Å². The van der Waals surface area contributed by atoms with E-state index in [4.69, 9.17) is 28.6 Å². The summed E-state index contributed by atoms with van der Waals surface area (Å²) < 4.78 is 34.3. The van der Waals surface area contributed by atoms with Gasteiger partial charge in [-0.25, -0.2) is 0 Å². The fourth-order valence-electron chi connectivity index (χ4n) is 2.65. The molecular formula is C19H15ClF2N2O3S. The van der Waals surface area contributed by atoms with E-state index >= 15 is 0 Å². The smallest absolute Gasteiger partial charge is 0.387 e. The number of nitrogens with zero attached hydrogens (tertiary/aromatic N) is 1. The van der Waals surface area contributed by atoms with Crippen LogP contribution in [-0.4, -0.2) is 29.6 Å². The Morgan fingerprint density at radius 3 is 2.68 bits per heavy atom. The highest BCUT2D eigenvalue weighted by molar-refractivity contribution is 7.80. The van der Waals surface area contributed by atoms with Crippen LogP contribution in [0.3, 0.4) is 0 Å². The molecular weight excluding hydrogens is 410 g/mol. The Morgan fingerprint density at radius 1 is 1.25 bits per heavy atom. The number of amides is 1. The molecule has 2 aromatic rings. The van der Waals surface area contributed by atoms with Crippen molar-refractivity contribution in [1.82, 2.24) is 10.2 Å². The zero-order chi connectivity index (χ0) is 20.3. The minimum Gasteiger partial charge on any atom is -0.493 e. The minimum absolute atomic E-state index is 0.0961. The van der Waals surface area contributed by atoms with Gasteiger partial charge >= 0.3 is 6.61 Å². The lowest BCUT2D eigenvalue weighted by Gasteiger charge is -2.14. The minimum atomic E-state index is -2.97. The summed E-state index contributed by atoms with van der Waals surface area (Å²) in [4.78, 5) is 14.1. The van der Waals surface area contributed by atoms with Crippen molar-refractivity contribution in [3.63, 3.8) is 0 Å². The van der Waals surface area contributed by atoms with Crippen LogP contribution in [0.4, 0.5) is 8.78 Å². The zero-order valence-electron chi connectivity index (χ0n) is 14.6. The second-order valence-corrected chi connectivity index (χ2v) is 6.55. The van der Waals surface area contributed by atoms with Crippen molar-refractivity contribution >= 4 is 40.9 Å². The molecule has 9 heteroatoms. The number of carbonyl (C=O) groups is 1. The molecule has 1 amide bonds. The summed E-state index contributed by atoms with van der Waals surface area (Å²) in [6.07, 6.45) is 1.55. The number of hydrogen-bond acceptors (Lipinski definition) is 4. The van der Waals surface area contributed by atoms with Crippen LogP contribution in [0.25, 0.3) is 6.08 Å². The van der Waals surface area contributed by atoms with Gasteiger partial charge in [0.2, 0.25) is 0 Å². The maximum Gasteiger partial charge on any atom is 0.387 e. The van der Waals surface area contributed by atoms with Gasteiger partial charge in [-0.05, 0) is 47.6 Å². The summed E-state index contributed by atoms with van der Waals surface area (Å²) in [5, 5.41) is 3.65. The van der Waals surface area contributed by atoms with E-state index in [2.05, 4.69) is 10.1 Å². The number of alkyl halides is 2. The first kappa shape index (κ1) is 20.0. The molecule has 1 heterocycles. The molecule has 3 rings (SSSR count). The van der Waals surface area contributed by atoms with Crippen molar-refractivity contribution in [2.24, 2.45) is 0 Å². The highest BCUT2D eigenvalue weighted by Gasteiger charge is 2.31. The van der Waals surface area contributed by atoms with Gasteiger partial charge in [0.25, 0.3) is 5.91 Å². The van der Waals surface area contributed by atoms with Crippen LogP contribution >= 0.6 is 23.8 Å². The number of methoxy groups -OCH3 is 1. The molecule has 0 aliphatic carbocycles. The van der Waals surface area contributed by atoms with Crippen LogP contribution in [0.1, 0.15) is 11.1 Å². The lowest BCUT2D eigenvalue weighted by molar-refractivity contribution is -0.122. The summed E-state index contributed by atoms with van der Waals surface area (Å²) in [6.45, 7) is -2.74. The summed E-state index contributed by atoms with van der Waals surface area (Å²) in [7, 11) is 1.34. The van der Waals surface area contributed by atoms with Crippen LogP contribution in [0.2, 0.25) is 5.02 Å². The third kappa shape index (κ3) is 4.40. The highest BCUT2D eigenvalue weighted by atomic mass is 35.5. The molecule has 0 unspecified atom stereocenters. The van der Waals surface area contributed by atoms with Crippen LogP contribution < -0.4 is 14.8 Å². The van der Waals surface area contributed by atoms with Gasteiger partial charge in [-0.3, -0.25) is 9.69 Å². The molecule has 0 bridgehead atoms. The normalized spacial score (nSPS) is 15.3. The van der Waals surface area contributed by atoms with E-state index < -0.39 is 6.61 Å². The molecule has 1 aliphatic heterocycles. The molecule has 0 spiro atoms. The van der Waals surface area contributed by atoms with E-state index in [0.717, 1.165) is 5.56 Å². The van der Waals surface area contributed by atoms with Gasteiger partial charge in [-0.1, -0.05) is 35.9 Å². The number of benzene rings is 2. The quantitative estimate of drug-likeness (QED) is 0.556. The van der Waals surface area contributed by atoms with Gasteiger partial charge in [0.05, 0.1) is 13.7 Å². The van der Waals surface area contributed by atoms with E-state index in [1.165, 1.54) is 30.2 Å². The number of ether oxygens (including phenoxy) is 2. The molecule has 0 radical (unpaired) electrons. The van der Waals surface area contributed by atoms with Gasteiger partial charge in [-0.15, -0.1) is 0 Å². The largest absolute Gasteiger partial charge is 0.493 e. The Bertz CT molecular complexity index is 953. The van der Waals surface area contributed by atoms with E-state index in [1.54, 1.807) is 18.2 Å². The molecule has 1 fully saturated rings. The maximum atomic E-state index is 12.7. The number of nitrogens with one attached hydrogen (secondary N) is 1. The van der Waals surface area contributed by atoms with Gasteiger partial charge in [0, 0.05) is 5.02 Å². The van der Waals surface area contributed by atoms with Gasteiger partial charge in [-0.2, -0.15) is 8.78 Å². The summed E-state index contributed by atoms with van der Waals surface area (Å²) in [5.41, 5.74) is 1.57. The molecule has 0 aromatic heterocycles. The summed E-state index contributed by atoms with van der Waals surface area (Å²) >= 11 is 11.4. The number of thiocarbonyl (C=S) groups is 1. The van der Waals surface area contributed by atoms with Crippen molar-refractivity contribution in [2.45, 2.75) is 13.2 Å². The first-order valence-electron chi connectivity index (χ1n) is 8.10. The first-order valence-corrected chi connectivity index (χ1v) is 8.88. The lowest BCUT2D eigenvalue weighted by Crippen LogP contribution is -2.30. The van der Waals surface area contributed by atoms with Gasteiger partial charge in [0.15, 0.2) is 16.6 Å². The average Bonchev–Trinajstić information content (AvgIpc) is 2.91. The van der Waals surface area contributed by atoms with E-state index in [9.17, 15) is 13.6 Å². The number of rotatable bonds is 6. The van der Waals surface area contributed by atoms with Crippen LogP contribution in [0, 0.1) is 0 Å². The summed E-state index contributed by atoms with van der Waals surface area (Å²) in [6, 6.07) is 11.5. The third-order valence-electron chi connectivity index (χ3n) is 3.96. The Kier molecular flexibility index (Phi) is 6.11. The second-order valence-electron chi connectivity index (χ2n) is 5.76. The monoisotopic (exact) mass is 424 g/mol. The first-order chi connectivity index (χ1) is 13.4. The molecule has 0 atom stereocenters. The highest BCUT2D eigenvalue weighted by Crippen LogP contribution is 2.30. The molecule has 2 aromatic carbocycles. The topological polar surface area (TPSA) is 50.8 Å². The SMILES string of the molecule is COc1cc(/C=C2\NC(=S)N(Cc3ccccc3Cl)C2=O)ccc1OC(F)F. The predicted octanol–water partition coefficient (Wildman–Crippen LogP) is 4.21. The van der Waals surface area contributed by atoms with Crippen molar-refractivity contribution < 1.29 is 23.0 Å². The molecule has 5 nitrogen and oxygen atoms in total. The van der Waals surface area contributed by atoms with Crippen LogP contribution in [0.15, 0.2) is 48.2 Å². The second kappa shape index (κ2) is 8.53. The standard InChI is InChI=1S/C19H15ClF2N2O3S/c1-26-16-9-11(6-7-15(16)27-18(21)22)8-14-17(25)24(19(28)23-14)10-12-4-2-3-5-13(12)20/h2-9,18H,10H2,1H3,(H,23,28)/b14-8-. The van der Waals surface area contributed by atoms with E-state index in [-0.39, 0.29) is 34.8 Å². The maximum absolute atomic E-state index is 12.7.